The Hall–Kier alpha value is -5.22. The monoisotopic (exact) mass is 638 g/mol. The fourth-order valence-corrected chi connectivity index (χ4v) is 9.23. The Balaban J connectivity index is 1.17. The quantitative estimate of drug-likeness (QED) is 0.183. The van der Waals surface area contributed by atoms with Gasteiger partial charge in [0, 0.05) is 16.5 Å². The third-order valence-electron chi connectivity index (χ3n) is 11.4. The van der Waals surface area contributed by atoms with E-state index in [1.165, 1.54) is 54.9 Å². The molecule has 2 aliphatic carbocycles. The molecule has 0 saturated heterocycles. The van der Waals surface area contributed by atoms with Gasteiger partial charge in [0.25, 0.3) is 0 Å². The number of aryl methyl sites for hydroxylation is 2. The molecule has 0 unspecified atom stereocenters. The van der Waals surface area contributed by atoms with Crippen LogP contribution in [0.15, 0.2) is 131 Å². The first-order chi connectivity index (χ1) is 24.2. The number of ether oxygens (including phenoxy) is 2. The Morgan fingerprint density at radius 3 is 1.45 bits per heavy atom. The number of nitrogens with zero attached hydrogens (tertiary/aromatic N) is 2. The van der Waals surface area contributed by atoms with Crippen molar-refractivity contribution in [1.29, 1.82) is 0 Å². The summed E-state index contributed by atoms with van der Waals surface area (Å²) in [5.41, 5.74) is 10.3. The third-order valence-corrected chi connectivity index (χ3v) is 11.4. The number of hydrogen-bond donors (Lipinski definition) is 0. The predicted molar refractivity (Wildman–Crippen MR) is 198 cm³/mol. The molecule has 6 aromatic rings. The first kappa shape index (κ1) is 28.8. The van der Waals surface area contributed by atoms with E-state index in [-0.39, 0.29) is 17.5 Å². The Morgan fingerprint density at radius 1 is 0.510 bits per heavy atom. The molecule has 49 heavy (non-hydrogen) atoms. The van der Waals surface area contributed by atoms with Crippen LogP contribution in [-0.2, 0) is 40.6 Å². The lowest BCUT2D eigenvalue weighted by Gasteiger charge is -2.45. The van der Waals surface area contributed by atoms with Gasteiger partial charge in [-0.05, 0) is 106 Å². The second kappa shape index (κ2) is 11.4. The van der Waals surface area contributed by atoms with Crippen LogP contribution in [0.2, 0.25) is 0 Å². The van der Waals surface area contributed by atoms with E-state index in [0.717, 1.165) is 61.4 Å². The second-order valence-electron chi connectivity index (χ2n) is 14.3. The van der Waals surface area contributed by atoms with E-state index < -0.39 is 0 Å². The summed E-state index contributed by atoms with van der Waals surface area (Å²) in [4.78, 5) is 10.6. The van der Waals surface area contributed by atoms with Gasteiger partial charge >= 0.3 is 0 Å². The summed E-state index contributed by atoms with van der Waals surface area (Å²) in [6.07, 6.45) is 5.86. The van der Waals surface area contributed by atoms with Gasteiger partial charge in [-0.2, -0.15) is 0 Å². The summed E-state index contributed by atoms with van der Waals surface area (Å²) in [7, 11) is 0. The summed E-state index contributed by atoms with van der Waals surface area (Å²) >= 11 is 0. The van der Waals surface area contributed by atoms with Gasteiger partial charge in [-0.15, -0.1) is 0 Å². The standard InChI is InChI=1S/C45H38N2O2/c1-3-9-29(10-4-1)25-35-27-48-43(46-35)37-19-17-31-13-7-15-33-21-23-45(41(37)39(31)33)24-22-34-16-8-14-32-18-20-38(42(45)40(32)34)44-47-36(28-49-44)26-30-11-5-2-6-12-30/h1-20,35-36H,21-28H2/t35-,36-,45?/m1/s1. The molecular weight excluding hydrogens is 601 g/mol. The van der Waals surface area contributed by atoms with Gasteiger partial charge in [-0.1, -0.05) is 109 Å². The molecule has 4 heteroatoms. The molecule has 4 nitrogen and oxygen atoms in total. The molecule has 6 aromatic carbocycles. The third kappa shape index (κ3) is 4.72. The summed E-state index contributed by atoms with van der Waals surface area (Å²) in [5, 5.41) is 5.34. The van der Waals surface area contributed by atoms with Gasteiger partial charge in [-0.3, -0.25) is 0 Å². The minimum atomic E-state index is -0.237. The number of benzene rings is 6. The summed E-state index contributed by atoms with van der Waals surface area (Å²) in [5.74, 6) is 1.58. The Labute approximate surface area is 287 Å². The van der Waals surface area contributed by atoms with Crippen molar-refractivity contribution in [3.8, 4) is 0 Å². The fourth-order valence-electron chi connectivity index (χ4n) is 9.23. The average molecular weight is 639 g/mol. The van der Waals surface area contributed by atoms with Crippen LogP contribution in [0.25, 0.3) is 21.5 Å². The van der Waals surface area contributed by atoms with Crippen LogP contribution < -0.4 is 0 Å². The molecule has 0 fully saturated rings. The van der Waals surface area contributed by atoms with Crippen molar-refractivity contribution in [3.05, 3.63) is 166 Å². The molecule has 0 N–H and O–H groups in total. The van der Waals surface area contributed by atoms with Crippen molar-refractivity contribution in [2.24, 2.45) is 9.98 Å². The highest BCUT2D eigenvalue weighted by Crippen LogP contribution is 2.55. The topological polar surface area (TPSA) is 43.2 Å². The zero-order valence-electron chi connectivity index (χ0n) is 27.6. The molecule has 2 atom stereocenters. The highest BCUT2D eigenvalue weighted by molar-refractivity contribution is 6.08. The van der Waals surface area contributed by atoms with Crippen molar-refractivity contribution in [3.63, 3.8) is 0 Å². The Bertz CT molecular complexity index is 2140. The van der Waals surface area contributed by atoms with Crippen LogP contribution in [0.4, 0.5) is 0 Å². The van der Waals surface area contributed by atoms with Crippen molar-refractivity contribution in [2.45, 2.75) is 56.0 Å². The van der Waals surface area contributed by atoms with Crippen LogP contribution in [-0.4, -0.2) is 37.1 Å². The van der Waals surface area contributed by atoms with E-state index in [1.54, 1.807) is 0 Å². The first-order valence-electron chi connectivity index (χ1n) is 17.8. The maximum Gasteiger partial charge on any atom is 0.216 e. The van der Waals surface area contributed by atoms with Gasteiger partial charge in [0.2, 0.25) is 11.8 Å². The van der Waals surface area contributed by atoms with Crippen LogP contribution in [0, 0.1) is 0 Å². The predicted octanol–water partition coefficient (Wildman–Crippen LogP) is 8.95. The van der Waals surface area contributed by atoms with E-state index in [0.29, 0.717) is 13.2 Å². The molecule has 0 radical (unpaired) electrons. The van der Waals surface area contributed by atoms with Gasteiger partial charge in [0.15, 0.2) is 0 Å². The molecule has 10 rings (SSSR count). The molecule has 0 saturated carbocycles. The summed E-state index contributed by atoms with van der Waals surface area (Å²) in [6, 6.07) is 44.3. The molecule has 2 aliphatic heterocycles. The van der Waals surface area contributed by atoms with Crippen molar-refractivity contribution < 1.29 is 9.47 Å². The summed E-state index contributed by atoms with van der Waals surface area (Å²) < 4.78 is 13.1. The lowest BCUT2D eigenvalue weighted by molar-refractivity contribution is 0.315. The molecule has 0 aromatic heterocycles. The fraction of sp³-hybridized carbons (Fsp3) is 0.244. The highest BCUT2D eigenvalue weighted by atomic mass is 16.5. The lowest BCUT2D eigenvalue weighted by Crippen LogP contribution is -2.38. The summed E-state index contributed by atoms with van der Waals surface area (Å²) in [6.45, 7) is 1.21. The van der Waals surface area contributed by atoms with Crippen LogP contribution in [0.1, 0.15) is 57.3 Å². The van der Waals surface area contributed by atoms with Gasteiger partial charge in [-0.25, -0.2) is 9.98 Å². The maximum atomic E-state index is 6.56. The van der Waals surface area contributed by atoms with E-state index in [9.17, 15) is 0 Å². The van der Waals surface area contributed by atoms with E-state index in [1.807, 2.05) is 0 Å². The van der Waals surface area contributed by atoms with E-state index >= 15 is 0 Å². The zero-order valence-corrected chi connectivity index (χ0v) is 27.6. The van der Waals surface area contributed by atoms with Crippen LogP contribution in [0.5, 0.6) is 0 Å². The van der Waals surface area contributed by atoms with Gasteiger partial charge < -0.3 is 9.47 Å². The minimum Gasteiger partial charge on any atom is -0.475 e. The molecule has 240 valence electrons. The van der Waals surface area contributed by atoms with E-state index in [2.05, 4.69) is 121 Å². The van der Waals surface area contributed by atoms with Crippen molar-refractivity contribution >= 4 is 33.3 Å². The number of fused-ring (bicyclic) bond motifs is 2. The molecular formula is C45H38N2O2. The number of aliphatic imine (C=N–C) groups is 2. The van der Waals surface area contributed by atoms with Crippen molar-refractivity contribution in [1.82, 2.24) is 0 Å². The minimum absolute atomic E-state index is 0.101. The normalized spacial score (nSPS) is 20.2. The molecule has 2 heterocycles. The number of rotatable bonds is 6. The lowest BCUT2D eigenvalue weighted by atomic mass is 9.58. The SMILES string of the molecule is c1ccc(C[C@@H]2COC(c3ccc4cccc5c4c3C3(CC5)CCc4cccc5ccc(C6=N[C@H](Cc7ccccc7)CO6)c3c45)=N2)cc1. The molecule has 0 amide bonds. The molecule has 1 spiro atoms. The smallest absolute Gasteiger partial charge is 0.216 e. The molecule has 0 bridgehead atoms. The number of hydrogen-bond acceptors (Lipinski definition) is 4. The van der Waals surface area contributed by atoms with Gasteiger partial charge in [0.1, 0.15) is 13.2 Å². The maximum absolute atomic E-state index is 6.56. The molecule has 4 aliphatic rings. The first-order valence-corrected chi connectivity index (χ1v) is 17.8. The van der Waals surface area contributed by atoms with E-state index in [4.69, 9.17) is 19.5 Å². The van der Waals surface area contributed by atoms with Gasteiger partial charge in [0.05, 0.1) is 12.1 Å². The average Bonchev–Trinajstić information content (AvgIpc) is 3.82. The largest absolute Gasteiger partial charge is 0.475 e. The highest BCUT2D eigenvalue weighted by Gasteiger charge is 2.47. The Morgan fingerprint density at radius 2 is 0.980 bits per heavy atom. The van der Waals surface area contributed by atoms with Crippen LogP contribution >= 0.6 is 0 Å². The zero-order chi connectivity index (χ0) is 32.4. The Kier molecular flexibility index (Phi) is 6.72. The second-order valence-corrected chi connectivity index (χ2v) is 14.3. The van der Waals surface area contributed by atoms with Crippen molar-refractivity contribution in [2.75, 3.05) is 13.2 Å². The van der Waals surface area contributed by atoms with Crippen LogP contribution in [0.3, 0.4) is 0 Å².